The van der Waals surface area contributed by atoms with Gasteiger partial charge in [-0.2, -0.15) is 0 Å². The molecule has 0 aliphatic carbocycles. The first-order valence-electron chi connectivity index (χ1n) is 7.01. The minimum atomic E-state index is 0.222. The average Bonchev–Trinajstić information content (AvgIpc) is 2.56. The molecule has 1 aromatic rings. The summed E-state index contributed by atoms with van der Waals surface area (Å²) in [5, 5.41) is 0. The Morgan fingerprint density at radius 2 is 2.06 bits per heavy atom. The van der Waals surface area contributed by atoms with E-state index in [0.717, 1.165) is 19.5 Å². The average molecular weight is 246 g/mol. The number of anilines is 1. The number of hydrogen-bond acceptors (Lipinski definition) is 2. The highest BCUT2D eigenvalue weighted by Crippen LogP contribution is 2.40. The summed E-state index contributed by atoms with van der Waals surface area (Å²) in [5.74, 6) is 0.711. The Hall–Kier alpha value is -1.02. The number of benzene rings is 1. The molecule has 0 aromatic heterocycles. The van der Waals surface area contributed by atoms with Gasteiger partial charge in [0.05, 0.1) is 0 Å². The van der Waals surface area contributed by atoms with Crippen molar-refractivity contribution in [3.8, 4) is 0 Å². The second-order valence-corrected chi connectivity index (χ2v) is 6.16. The standard InChI is InChI=1S/C16H26N2/c1-12-5-6-15(13(2)11-12)18-10-8-14(7-9-17)16(18,3)4/h5-6,11,14H,7-10,17H2,1-4H3. The van der Waals surface area contributed by atoms with Crippen LogP contribution in [0.15, 0.2) is 18.2 Å². The van der Waals surface area contributed by atoms with Crippen molar-refractivity contribution in [3.05, 3.63) is 29.3 Å². The van der Waals surface area contributed by atoms with Gasteiger partial charge in [-0.3, -0.25) is 0 Å². The molecule has 2 rings (SSSR count). The van der Waals surface area contributed by atoms with E-state index in [4.69, 9.17) is 5.73 Å². The highest BCUT2D eigenvalue weighted by Gasteiger charge is 2.40. The Morgan fingerprint density at radius 1 is 1.33 bits per heavy atom. The summed E-state index contributed by atoms with van der Waals surface area (Å²) in [6, 6.07) is 6.77. The molecule has 1 aromatic carbocycles. The molecule has 1 heterocycles. The van der Waals surface area contributed by atoms with E-state index in [0.29, 0.717) is 5.92 Å². The topological polar surface area (TPSA) is 29.3 Å². The lowest BCUT2D eigenvalue weighted by Gasteiger charge is -2.38. The molecular formula is C16H26N2. The second kappa shape index (κ2) is 4.93. The SMILES string of the molecule is Cc1ccc(N2CCC(CCN)C2(C)C)c(C)c1. The van der Waals surface area contributed by atoms with Gasteiger partial charge in [-0.15, -0.1) is 0 Å². The Balaban J connectivity index is 2.29. The van der Waals surface area contributed by atoms with Gasteiger partial charge in [-0.05, 0) is 64.6 Å². The molecule has 1 saturated heterocycles. The maximum absolute atomic E-state index is 5.74. The van der Waals surface area contributed by atoms with Crippen molar-refractivity contribution >= 4 is 5.69 Å². The van der Waals surface area contributed by atoms with Crippen molar-refractivity contribution in [2.24, 2.45) is 11.7 Å². The van der Waals surface area contributed by atoms with Crippen molar-refractivity contribution in [1.82, 2.24) is 0 Å². The van der Waals surface area contributed by atoms with Gasteiger partial charge in [0.1, 0.15) is 0 Å². The molecule has 0 bridgehead atoms. The predicted octanol–water partition coefficient (Wildman–Crippen LogP) is 3.26. The summed E-state index contributed by atoms with van der Waals surface area (Å²) in [6.07, 6.45) is 2.39. The molecule has 1 aliphatic rings. The largest absolute Gasteiger partial charge is 0.366 e. The number of aryl methyl sites for hydroxylation is 2. The van der Waals surface area contributed by atoms with Crippen LogP contribution in [0, 0.1) is 19.8 Å². The normalized spacial score (nSPS) is 22.5. The van der Waals surface area contributed by atoms with Gasteiger partial charge >= 0.3 is 0 Å². The van der Waals surface area contributed by atoms with Crippen molar-refractivity contribution in [3.63, 3.8) is 0 Å². The summed E-state index contributed by atoms with van der Waals surface area (Å²) >= 11 is 0. The fraction of sp³-hybridized carbons (Fsp3) is 0.625. The minimum absolute atomic E-state index is 0.222. The summed E-state index contributed by atoms with van der Waals surface area (Å²) in [7, 11) is 0. The number of nitrogens with two attached hydrogens (primary N) is 1. The summed E-state index contributed by atoms with van der Waals surface area (Å²) < 4.78 is 0. The van der Waals surface area contributed by atoms with E-state index in [1.807, 2.05) is 0 Å². The molecule has 2 nitrogen and oxygen atoms in total. The first-order valence-corrected chi connectivity index (χ1v) is 7.01. The van der Waals surface area contributed by atoms with Crippen LogP contribution in [0.4, 0.5) is 5.69 Å². The lowest BCUT2D eigenvalue weighted by atomic mass is 9.85. The first-order chi connectivity index (χ1) is 8.46. The van der Waals surface area contributed by atoms with Crippen LogP contribution >= 0.6 is 0 Å². The fourth-order valence-corrected chi connectivity index (χ4v) is 3.38. The third-order valence-electron chi connectivity index (χ3n) is 4.55. The molecule has 0 radical (unpaired) electrons. The molecular weight excluding hydrogens is 220 g/mol. The van der Waals surface area contributed by atoms with Gasteiger partial charge in [-0.25, -0.2) is 0 Å². The van der Waals surface area contributed by atoms with Crippen LogP contribution in [-0.4, -0.2) is 18.6 Å². The van der Waals surface area contributed by atoms with Gasteiger partial charge < -0.3 is 10.6 Å². The van der Waals surface area contributed by atoms with Gasteiger partial charge in [0.25, 0.3) is 0 Å². The van der Waals surface area contributed by atoms with Crippen LogP contribution in [-0.2, 0) is 0 Å². The Morgan fingerprint density at radius 3 is 2.67 bits per heavy atom. The van der Waals surface area contributed by atoms with Crippen LogP contribution in [0.3, 0.4) is 0 Å². The monoisotopic (exact) mass is 246 g/mol. The Kier molecular flexibility index (Phi) is 3.67. The van der Waals surface area contributed by atoms with Crippen molar-refractivity contribution in [2.75, 3.05) is 18.0 Å². The third-order valence-corrected chi connectivity index (χ3v) is 4.55. The summed E-state index contributed by atoms with van der Waals surface area (Å²) in [5.41, 5.74) is 10.1. The lowest BCUT2D eigenvalue weighted by Crippen LogP contribution is -2.43. The van der Waals surface area contributed by atoms with E-state index in [2.05, 4.69) is 50.8 Å². The van der Waals surface area contributed by atoms with Gasteiger partial charge in [-0.1, -0.05) is 17.7 Å². The van der Waals surface area contributed by atoms with E-state index in [-0.39, 0.29) is 5.54 Å². The van der Waals surface area contributed by atoms with Crippen molar-refractivity contribution in [1.29, 1.82) is 0 Å². The smallest absolute Gasteiger partial charge is 0.0400 e. The zero-order valence-corrected chi connectivity index (χ0v) is 12.2. The van der Waals surface area contributed by atoms with Crippen molar-refractivity contribution in [2.45, 2.75) is 46.1 Å². The summed E-state index contributed by atoms with van der Waals surface area (Å²) in [6.45, 7) is 11.0. The second-order valence-electron chi connectivity index (χ2n) is 6.16. The van der Waals surface area contributed by atoms with Crippen LogP contribution in [0.1, 0.15) is 37.8 Å². The van der Waals surface area contributed by atoms with E-state index in [9.17, 15) is 0 Å². The summed E-state index contributed by atoms with van der Waals surface area (Å²) in [4.78, 5) is 2.57. The number of rotatable bonds is 3. The molecule has 1 fully saturated rings. The fourth-order valence-electron chi connectivity index (χ4n) is 3.38. The number of nitrogens with zero attached hydrogens (tertiary/aromatic N) is 1. The highest BCUT2D eigenvalue weighted by molar-refractivity contribution is 5.57. The Bertz CT molecular complexity index is 423. The molecule has 0 spiro atoms. The van der Waals surface area contributed by atoms with Gasteiger partial charge in [0.2, 0.25) is 0 Å². The lowest BCUT2D eigenvalue weighted by molar-refractivity contribution is 0.348. The molecule has 18 heavy (non-hydrogen) atoms. The van der Waals surface area contributed by atoms with Gasteiger partial charge in [0.15, 0.2) is 0 Å². The maximum Gasteiger partial charge on any atom is 0.0400 e. The van der Waals surface area contributed by atoms with Crippen LogP contribution in [0.5, 0.6) is 0 Å². The quantitative estimate of drug-likeness (QED) is 0.887. The highest BCUT2D eigenvalue weighted by atomic mass is 15.2. The first kappa shape index (κ1) is 13.4. The maximum atomic E-state index is 5.74. The molecule has 100 valence electrons. The predicted molar refractivity (Wildman–Crippen MR) is 79.1 cm³/mol. The molecule has 1 aliphatic heterocycles. The van der Waals surface area contributed by atoms with Crippen LogP contribution in [0.2, 0.25) is 0 Å². The molecule has 2 N–H and O–H groups in total. The zero-order chi connectivity index (χ0) is 13.3. The zero-order valence-electron chi connectivity index (χ0n) is 12.2. The van der Waals surface area contributed by atoms with Crippen molar-refractivity contribution < 1.29 is 0 Å². The molecule has 2 heteroatoms. The van der Waals surface area contributed by atoms with E-state index in [1.54, 1.807) is 0 Å². The minimum Gasteiger partial charge on any atom is -0.366 e. The van der Waals surface area contributed by atoms with Gasteiger partial charge in [0, 0.05) is 17.8 Å². The Labute approximate surface area is 111 Å². The van der Waals surface area contributed by atoms with E-state index >= 15 is 0 Å². The van der Waals surface area contributed by atoms with E-state index in [1.165, 1.54) is 23.2 Å². The molecule has 0 saturated carbocycles. The van der Waals surface area contributed by atoms with Crippen LogP contribution in [0.25, 0.3) is 0 Å². The van der Waals surface area contributed by atoms with E-state index < -0.39 is 0 Å². The third kappa shape index (κ3) is 2.26. The van der Waals surface area contributed by atoms with Crippen LogP contribution < -0.4 is 10.6 Å². The molecule has 1 atom stereocenters. The molecule has 1 unspecified atom stereocenters. The molecule has 0 amide bonds. The number of hydrogen-bond donors (Lipinski definition) is 1.